The summed E-state index contributed by atoms with van der Waals surface area (Å²) in [5.74, 6) is 0.379. The molecule has 20 heavy (non-hydrogen) atoms. The van der Waals surface area contributed by atoms with Gasteiger partial charge in [0.2, 0.25) is 0 Å². The quantitative estimate of drug-likeness (QED) is 0.857. The lowest BCUT2D eigenvalue weighted by Crippen LogP contribution is -2.45. The molecule has 0 radical (unpaired) electrons. The molecule has 1 aliphatic carbocycles. The first-order valence-corrected chi connectivity index (χ1v) is 7.43. The molecule has 1 aromatic rings. The van der Waals surface area contributed by atoms with Gasteiger partial charge in [0.05, 0.1) is 5.56 Å². The lowest BCUT2D eigenvalue weighted by molar-refractivity contribution is 0.100. The number of likely N-dealkylation sites (N-methyl/N-ethyl adjacent to an activating group) is 1. The highest BCUT2D eigenvalue weighted by molar-refractivity contribution is 5.98. The monoisotopic (exact) mass is 274 g/mol. The molecule has 0 spiro atoms. The third kappa shape index (κ3) is 2.38. The second-order valence-electron chi connectivity index (χ2n) is 5.79. The number of primary amides is 1. The molecule has 3 N–H and O–H groups in total. The lowest BCUT2D eigenvalue weighted by Gasteiger charge is -2.33. The van der Waals surface area contributed by atoms with Crippen molar-refractivity contribution in [3.05, 3.63) is 22.9 Å². The number of aromatic nitrogens is 1. The van der Waals surface area contributed by atoms with Crippen molar-refractivity contribution < 1.29 is 4.79 Å². The molecule has 1 saturated heterocycles. The van der Waals surface area contributed by atoms with Crippen molar-refractivity contribution in [2.45, 2.75) is 38.1 Å². The normalized spacial score (nSPS) is 21.6. The Hall–Kier alpha value is -1.62. The Labute approximate surface area is 119 Å². The molecule has 5 heteroatoms. The molecule has 0 saturated carbocycles. The fraction of sp³-hybridized carbons (Fsp3) is 0.600. The SMILES string of the molecule is CN(c1nc2c(cc1C(N)=O)CCC2)C1CCCNC1. The second-order valence-corrected chi connectivity index (χ2v) is 5.79. The summed E-state index contributed by atoms with van der Waals surface area (Å²) in [6.45, 7) is 2.01. The van der Waals surface area contributed by atoms with Crippen molar-refractivity contribution in [2.24, 2.45) is 5.73 Å². The van der Waals surface area contributed by atoms with Gasteiger partial charge in [0, 0.05) is 25.3 Å². The van der Waals surface area contributed by atoms with E-state index >= 15 is 0 Å². The van der Waals surface area contributed by atoms with Crippen LogP contribution in [0.25, 0.3) is 0 Å². The summed E-state index contributed by atoms with van der Waals surface area (Å²) < 4.78 is 0. The van der Waals surface area contributed by atoms with Gasteiger partial charge >= 0.3 is 0 Å². The number of nitrogens with zero attached hydrogens (tertiary/aromatic N) is 2. The van der Waals surface area contributed by atoms with E-state index in [0.29, 0.717) is 11.6 Å². The summed E-state index contributed by atoms with van der Waals surface area (Å²) in [5.41, 5.74) is 8.45. The number of carbonyl (C=O) groups excluding carboxylic acids is 1. The highest BCUT2D eigenvalue weighted by Gasteiger charge is 2.25. The molecule has 2 heterocycles. The van der Waals surface area contributed by atoms with E-state index < -0.39 is 0 Å². The zero-order valence-electron chi connectivity index (χ0n) is 12.0. The number of aryl methyl sites for hydroxylation is 2. The maximum Gasteiger partial charge on any atom is 0.252 e. The first-order valence-electron chi connectivity index (χ1n) is 7.43. The van der Waals surface area contributed by atoms with Crippen LogP contribution in [0.15, 0.2) is 6.07 Å². The summed E-state index contributed by atoms with van der Waals surface area (Å²) in [4.78, 5) is 18.6. The zero-order chi connectivity index (χ0) is 14.1. The fourth-order valence-electron chi connectivity index (χ4n) is 3.25. The van der Waals surface area contributed by atoms with Crippen molar-refractivity contribution >= 4 is 11.7 Å². The van der Waals surface area contributed by atoms with Crippen molar-refractivity contribution in [2.75, 3.05) is 25.0 Å². The van der Waals surface area contributed by atoms with E-state index in [-0.39, 0.29) is 5.91 Å². The minimum Gasteiger partial charge on any atom is -0.365 e. The third-order valence-electron chi connectivity index (χ3n) is 4.45. The van der Waals surface area contributed by atoms with Crippen molar-refractivity contribution in [1.29, 1.82) is 0 Å². The van der Waals surface area contributed by atoms with Crippen LogP contribution in [-0.4, -0.2) is 37.1 Å². The van der Waals surface area contributed by atoms with Gasteiger partial charge in [0.1, 0.15) is 5.82 Å². The highest BCUT2D eigenvalue weighted by Crippen LogP contribution is 2.28. The van der Waals surface area contributed by atoms with E-state index in [1.54, 1.807) is 0 Å². The van der Waals surface area contributed by atoms with Gasteiger partial charge in [-0.1, -0.05) is 0 Å². The molecular formula is C15H22N4O. The summed E-state index contributed by atoms with van der Waals surface area (Å²) in [6, 6.07) is 2.34. The van der Waals surface area contributed by atoms with E-state index in [1.807, 2.05) is 13.1 Å². The molecule has 2 aliphatic rings. The van der Waals surface area contributed by atoms with Crippen LogP contribution in [0, 0.1) is 0 Å². The standard InChI is InChI=1S/C15H22N4O/c1-19(11-5-3-7-17-9-11)15-12(14(16)20)8-10-4-2-6-13(10)18-15/h8,11,17H,2-7,9H2,1H3,(H2,16,20). The average Bonchev–Trinajstić information content (AvgIpc) is 2.93. The number of carbonyl (C=O) groups is 1. The Balaban J connectivity index is 1.96. The number of amides is 1. The van der Waals surface area contributed by atoms with Crippen LogP contribution in [0.4, 0.5) is 5.82 Å². The predicted octanol–water partition coefficient (Wildman–Crippen LogP) is 0.857. The van der Waals surface area contributed by atoms with Gasteiger partial charge in [-0.05, 0) is 50.3 Å². The number of rotatable bonds is 3. The van der Waals surface area contributed by atoms with Gasteiger partial charge < -0.3 is 16.0 Å². The predicted molar refractivity (Wildman–Crippen MR) is 79.1 cm³/mol. The maximum atomic E-state index is 11.7. The topological polar surface area (TPSA) is 71.2 Å². The number of anilines is 1. The van der Waals surface area contributed by atoms with Crippen molar-refractivity contribution in [3.63, 3.8) is 0 Å². The molecule has 3 rings (SSSR count). The molecule has 5 nitrogen and oxygen atoms in total. The van der Waals surface area contributed by atoms with Crippen LogP contribution in [-0.2, 0) is 12.8 Å². The van der Waals surface area contributed by atoms with E-state index in [2.05, 4.69) is 10.2 Å². The van der Waals surface area contributed by atoms with Crippen molar-refractivity contribution in [1.82, 2.24) is 10.3 Å². The molecule has 0 aromatic carbocycles. The molecule has 108 valence electrons. The Kier molecular flexibility index (Phi) is 3.61. The third-order valence-corrected chi connectivity index (χ3v) is 4.45. The molecular weight excluding hydrogens is 252 g/mol. The minimum atomic E-state index is -0.377. The van der Waals surface area contributed by atoms with Crippen LogP contribution in [0.1, 0.15) is 40.9 Å². The smallest absolute Gasteiger partial charge is 0.252 e. The van der Waals surface area contributed by atoms with Crippen LogP contribution in [0.2, 0.25) is 0 Å². The summed E-state index contributed by atoms with van der Waals surface area (Å²) in [6.07, 6.45) is 5.43. The molecule has 1 unspecified atom stereocenters. The molecule has 0 bridgehead atoms. The van der Waals surface area contributed by atoms with Gasteiger partial charge in [0.25, 0.3) is 5.91 Å². The van der Waals surface area contributed by atoms with Gasteiger partial charge in [0.15, 0.2) is 0 Å². The van der Waals surface area contributed by atoms with Crippen LogP contribution in [0.5, 0.6) is 0 Å². The maximum absolute atomic E-state index is 11.7. The number of pyridine rings is 1. The van der Waals surface area contributed by atoms with E-state index in [9.17, 15) is 4.79 Å². The zero-order valence-corrected chi connectivity index (χ0v) is 12.0. The Morgan fingerprint density at radius 1 is 1.45 bits per heavy atom. The average molecular weight is 274 g/mol. The highest BCUT2D eigenvalue weighted by atomic mass is 16.1. The summed E-state index contributed by atoms with van der Waals surface area (Å²) in [5, 5.41) is 3.40. The van der Waals surface area contributed by atoms with Gasteiger partial charge in [-0.25, -0.2) is 4.98 Å². The number of hydrogen-bond donors (Lipinski definition) is 2. The van der Waals surface area contributed by atoms with Gasteiger partial charge in [-0.2, -0.15) is 0 Å². The second kappa shape index (κ2) is 5.40. The number of nitrogens with two attached hydrogens (primary N) is 1. The first-order chi connectivity index (χ1) is 9.66. The Bertz CT molecular complexity index is 523. The summed E-state index contributed by atoms with van der Waals surface area (Å²) in [7, 11) is 2.02. The molecule has 1 fully saturated rings. The first kappa shape index (κ1) is 13.4. The number of nitrogens with one attached hydrogen (secondary N) is 1. The molecule has 1 aromatic heterocycles. The van der Waals surface area contributed by atoms with Gasteiger partial charge in [-0.15, -0.1) is 0 Å². The van der Waals surface area contributed by atoms with Crippen LogP contribution >= 0.6 is 0 Å². The molecule has 1 atom stereocenters. The van der Waals surface area contributed by atoms with E-state index in [4.69, 9.17) is 10.7 Å². The number of hydrogen-bond acceptors (Lipinski definition) is 4. The Morgan fingerprint density at radius 3 is 3.00 bits per heavy atom. The van der Waals surface area contributed by atoms with Crippen LogP contribution in [0.3, 0.4) is 0 Å². The Morgan fingerprint density at radius 2 is 2.30 bits per heavy atom. The van der Waals surface area contributed by atoms with Crippen LogP contribution < -0.4 is 16.0 Å². The summed E-state index contributed by atoms with van der Waals surface area (Å²) >= 11 is 0. The molecule has 1 aliphatic heterocycles. The molecule has 1 amide bonds. The number of piperidine rings is 1. The minimum absolute atomic E-state index is 0.377. The largest absolute Gasteiger partial charge is 0.365 e. The number of fused-ring (bicyclic) bond motifs is 1. The van der Waals surface area contributed by atoms with E-state index in [0.717, 1.165) is 56.7 Å². The van der Waals surface area contributed by atoms with E-state index in [1.165, 1.54) is 5.56 Å². The lowest BCUT2D eigenvalue weighted by atomic mass is 10.0. The fourth-order valence-corrected chi connectivity index (χ4v) is 3.25. The van der Waals surface area contributed by atoms with Crippen molar-refractivity contribution in [3.8, 4) is 0 Å². The van der Waals surface area contributed by atoms with Gasteiger partial charge in [-0.3, -0.25) is 4.79 Å².